The summed E-state index contributed by atoms with van der Waals surface area (Å²) in [6.07, 6.45) is 38.4. The first-order valence-corrected chi connectivity index (χ1v) is 36.0. The molecule has 0 spiro atoms. The van der Waals surface area contributed by atoms with Crippen molar-refractivity contribution in [3.63, 3.8) is 0 Å². The van der Waals surface area contributed by atoms with Crippen molar-refractivity contribution in [2.75, 3.05) is 0 Å². The average Bonchev–Trinajstić information content (AvgIpc) is 1.71. The van der Waals surface area contributed by atoms with Crippen LogP contribution >= 0.6 is 0 Å². The van der Waals surface area contributed by atoms with Gasteiger partial charge in [0.05, 0.1) is 66.5 Å². The number of fused-ring (bicyclic) bond motifs is 8. The molecule has 0 radical (unpaired) electrons. The van der Waals surface area contributed by atoms with Crippen molar-refractivity contribution in [2.24, 2.45) is 0 Å². The van der Waals surface area contributed by atoms with Crippen molar-refractivity contribution in [1.29, 1.82) is 0 Å². The third kappa shape index (κ3) is 22.0. The van der Waals surface area contributed by atoms with Gasteiger partial charge in [-0.2, -0.15) is 0 Å². The summed E-state index contributed by atoms with van der Waals surface area (Å²) >= 11 is 0. The zero-order valence-electron chi connectivity index (χ0n) is 56.5. The lowest BCUT2D eigenvalue weighted by molar-refractivity contribution is 0.607. The lowest BCUT2D eigenvalue weighted by Gasteiger charge is -2.04. The molecule has 0 unspecified atom stereocenters. The topological polar surface area (TPSA) is 63.2 Å². The minimum atomic E-state index is 0.636. The smallest absolute Gasteiger partial charge is 0.0715 e. The standard InChI is InChI=1S/C88H104N4/c1-5-9-13-17-21-25-33-69-45-53-73(54-46-69)37-29-41-77-81-61-63-83(89-81)78(42-30-38-74-55-47-70(48-56-74)34-26-22-18-14-10-6-2)85-65-67-87(91-85)80(44-32-40-76-59-51-72(52-60-76)36-28-24-20-16-12-8-4)88-68-66-86(92-88)79(84-64-62-82(77)90-84)43-31-39-75-57-49-71(50-58-75)35-27-23-19-15-11-7-3/h45-68,89-92H,5-28,33-40H2,1-4H3. The van der Waals surface area contributed by atoms with Gasteiger partial charge in [-0.05, 0) is 144 Å². The van der Waals surface area contributed by atoms with Gasteiger partial charge in [-0.1, -0.05) is 301 Å². The molecular weight excluding hydrogens is 1110 g/mol. The number of hydrogen-bond acceptors (Lipinski definition) is 0. The third-order valence-electron chi connectivity index (χ3n) is 18.3. The van der Waals surface area contributed by atoms with E-state index in [2.05, 4.69) is 241 Å². The molecule has 8 bridgehead atoms. The summed E-state index contributed by atoms with van der Waals surface area (Å²) in [6, 6.07) is 53.8. The summed E-state index contributed by atoms with van der Waals surface area (Å²) in [7, 11) is 0. The fourth-order valence-corrected chi connectivity index (χ4v) is 12.5. The second-order valence-electron chi connectivity index (χ2n) is 25.9. The first-order chi connectivity index (χ1) is 45.5. The number of aromatic nitrogens is 4. The Labute approximate surface area is 553 Å². The second-order valence-corrected chi connectivity index (χ2v) is 25.9. The van der Waals surface area contributed by atoms with Crippen LogP contribution in [-0.2, 0) is 51.4 Å². The van der Waals surface area contributed by atoms with Gasteiger partial charge in [-0.3, -0.25) is 0 Å². The predicted molar refractivity (Wildman–Crippen MR) is 392 cm³/mol. The van der Waals surface area contributed by atoms with Crippen LogP contribution in [0.3, 0.4) is 0 Å². The number of nitrogens with one attached hydrogen (secondary N) is 4. The monoisotopic (exact) mass is 1220 g/mol. The maximum Gasteiger partial charge on any atom is 0.0715 e. The number of H-pyrrole nitrogens is 4. The summed E-state index contributed by atoms with van der Waals surface area (Å²) in [5.74, 6) is 29.2. The van der Waals surface area contributed by atoms with Crippen LogP contribution in [0.1, 0.15) is 249 Å². The second kappa shape index (κ2) is 38.5. The molecule has 4 N–H and O–H groups in total. The van der Waals surface area contributed by atoms with E-state index in [1.165, 1.54) is 199 Å². The maximum atomic E-state index is 3.86. The molecule has 476 valence electrons. The average molecular weight is 1220 g/mol. The number of aryl methyl sites for hydroxylation is 4. The Morgan fingerprint density at radius 3 is 0.620 bits per heavy atom. The van der Waals surface area contributed by atoms with Crippen molar-refractivity contribution < 1.29 is 0 Å². The van der Waals surface area contributed by atoms with Crippen LogP contribution in [0, 0.1) is 47.4 Å². The van der Waals surface area contributed by atoms with Crippen molar-refractivity contribution in [2.45, 2.75) is 233 Å². The lowest BCUT2D eigenvalue weighted by atomic mass is 10.0. The Morgan fingerprint density at radius 2 is 0.402 bits per heavy atom. The molecule has 0 saturated carbocycles. The zero-order chi connectivity index (χ0) is 63.6. The van der Waals surface area contributed by atoms with Gasteiger partial charge in [-0.25, -0.2) is 0 Å². The molecule has 0 amide bonds. The van der Waals surface area contributed by atoms with E-state index in [9.17, 15) is 0 Å². The van der Waals surface area contributed by atoms with Gasteiger partial charge in [0.25, 0.3) is 0 Å². The van der Waals surface area contributed by atoms with Crippen LogP contribution in [-0.4, -0.2) is 19.9 Å². The summed E-state index contributed by atoms with van der Waals surface area (Å²) in [5, 5.41) is 3.66. The molecule has 5 heterocycles. The van der Waals surface area contributed by atoms with Crippen LogP contribution < -0.4 is 21.4 Å². The van der Waals surface area contributed by atoms with Crippen LogP contribution in [0.15, 0.2) is 146 Å². The summed E-state index contributed by atoms with van der Waals surface area (Å²) in [4.78, 5) is 15.4. The zero-order valence-corrected chi connectivity index (χ0v) is 56.5. The Morgan fingerprint density at radius 1 is 0.207 bits per heavy atom. The van der Waals surface area contributed by atoms with Gasteiger partial charge in [0.1, 0.15) is 0 Å². The highest BCUT2D eigenvalue weighted by atomic mass is 14.8. The molecular formula is C88H104N4. The molecule has 4 nitrogen and oxygen atoms in total. The quantitative estimate of drug-likeness (QED) is 0.0240. The fraction of sp³-hybridized carbons (Fsp3) is 0.409. The molecule has 1 aliphatic heterocycles. The van der Waals surface area contributed by atoms with E-state index in [4.69, 9.17) is 0 Å². The Kier molecular flexibility index (Phi) is 28.5. The minimum Gasteiger partial charge on any atom is -0.353 e. The molecule has 8 aromatic rings. The highest BCUT2D eigenvalue weighted by molar-refractivity contribution is 5.83. The molecule has 9 rings (SSSR count). The molecule has 92 heavy (non-hydrogen) atoms. The van der Waals surface area contributed by atoms with Gasteiger partial charge in [0.15, 0.2) is 0 Å². The molecule has 4 aromatic heterocycles. The Balaban J connectivity index is 1.08. The Hall–Kier alpha value is -8.28. The van der Waals surface area contributed by atoms with Crippen molar-refractivity contribution >= 4 is 22.3 Å². The molecule has 4 heteroatoms. The molecule has 0 fully saturated rings. The molecule has 0 atom stereocenters. The van der Waals surface area contributed by atoms with Crippen LogP contribution in [0.25, 0.3) is 22.3 Å². The number of aromatic amines is 4. The van der Waals surface area contributed by atoms with E-state index in [1.54, 1.807) is 0 Å². The van der Waals surface area contributed by atoms with E-state index in [0.717, 1.165) is 92.1 Å². The first kappa shape index (κ1) is 68.1. The SMILES string of the molecule is CCCCCCCCc1ccc(CC#CC2=c3ccc([nH]3)=C(C#CCc3ccc(CCCCCCCC)cc3)c3ccc([nH]3)C(C#CCc3ccc(CCCCCCCC)cc3)=c3ccc([nH]3)=C(C#CCc3ccc(CCCCCCCC)cc3)c3ccc2[nH]3)cc1. The highest BCUT2D eigenvalue weighted by Gasteiger charge is 2.14. The van der Waals surface area contributed by atoms with Gasteiger partial charge in [0.2, 0.25) is 0 Å². The summed E-state index contributed by atoms with van der Waals surface area (Å²) in [5.41, 5.74) is 17.7. The van der Waals surface area contributed by atoms with E-state index in [-0.39, 0.29) is 0 Å². The van der Waals surface area contributed by atoms with Crippen molar-refractivity contribution in [1.82, 2.24) is 19.9 Å². The van der Waals surface area contributed by atoms with Gasteiger partial charge in [-0.15, -0.1) is 0 Å². The fourth-order valence-electron chi connectivity index (χ4n) is 12.5. The number of benzene rings is 4. The number of hydrogen-bond donors (Lipinski definition) is 4. The largest absolute Gasteiger partial charge is 0.353 e. The van der Waals surface area contributed by atoms with E-state index in [0.29, 0.717) is 25.7 Å². The predicted octanol–water partition coefficient (Wildman–Crippen LogP) is 18.7. The molecule has 4 aromatic carbocycles. The first-order valence-electron chi connectivity index (χ1n) is 36.0. The van der Waals surface area contributed by atoms with Crippen LogP contribution in [0.2, 0.25) is 0 Å². The van der Waals surface area contributed by atoms with E-state index in [1.807, 2.05) is 0 Å². The lowest BCUT2D eigenvalue weighted by Crippen LogP contribution is -2.17. The molecule has 1 aliphatic rings. The molecule has 0 saturated heterocycles. The van der Waals surface area contributed by atoms with Crippen molar-refractivity contribution in [3.05, 3.63) is 234 Å². The van der Waals surface area contributed by atoms with Crippen molar-refractivity contribution in [3.8, 4) is 47.4 Å². The molecule has 0 aliphatic carbocycles. The minimum absolute atomic E-state index is 0.636. The third-order valence-corrected chi connectivity index (χ3v) is 18.3. The summed E-state index contributed by atoms with van der Waals surface area (Å²) in [6.45, 7) is 9.13. The maximum absolute atomic E-state index is 3.86. The van der Waals surface area contributed by atoms with E-state index < -0.39 is 0 Å². The van der Waals surface area contributed by atoms with Gasteiger partial charge < -0.3 is 19.9 Å². The van der Waals surface area contributed by atoms with Crippen LogP contribution in [0.4, 0.5) is 0 Å². The van der Waals surface area contributed by atoms with E-state index >= 15 is 0 Å². The highest BCUT2D eigenvalue weighted by Crippen LogP contribution is 2.21. The van der Waals surface area contributed by atoms with Gasteiger partial charge >= 0.3 is 0 Å². The Bertz CT molecular complexity index is 3520. The van der Waals surface area contributed by atoms with Crippen LogP contribution in [0.5, 0.6) is 0 Å². The normalized spacial score (nSPS) is 11.8. The number of unbranched alkanes of at least 4 members (excludes halogenated alkanes) is 20. The summed E-state index contributed by atoms with van der Waals surface area (Å²) < 4.78 is 0. The number of rotatable bonds is 32. The van der Waals surface area contributed by atoms with Gasteiger partial charge in [0, 0.05) is 25.7 Å².